The van der Waals surface area contributed by atoms with E-state index in [0.717, 1.165) is 0 Å². The lowest BCUT2D eigenvalue weighted by Crippen LogP contribution is -2.33. The molecule has 4 heteroatoms. The number of carboxylic acid groups (broad SMARTS) is 1. The first-order valence-corrected chi connectivity index (χ1v) is 5.83. The third-order valence-electron chi connectivity index (χ3n) is 3.25. The molecule has 0 fully saturated rings. The molecule has 0 aromatic rings. The molecule has 0 heterocycles. The van der Waals surface area contributed by atoms with Crippen LogP contribution in [-0.4, -0.2) is 34.0 Å². The van der Waals surface area contributed by atoms with Crippen LogP contribution >= 0.6 is 0 Å². The molecule has 0 saturated carbocycles. The average molecular weight is 244 g/mol. The quantitative estimate of drug-likeness (QED) is 0.623. The van der Waals surface area contributed by atoms with Crippen molar-refractivity contribution in [3.63, 3.8) is 0 Å². The molecular weight excluding hydrogens is 220 g/mol. The summed E-state index contributed by atoms with van der Waals surface area (Å²) in [6.45, 7) is 8.85. The fourth-order valence-corrected chi connectivity index (χ4v) is 2.03. The summed E-state index contributed by atoms with van der Waals surface area (Å²) in [6.07, 6.45) is -0.179. The summed E-state index contributed by atoms with van der Waals surface area (Å²) in [5.41, 5.74) is 0.206. The highest BCUT2D eigenvalue weighted by atomic mass is 16.4. The molecule has 4 nitrogen and oxygen atoms in total. The molecule has 3 N–H and O–H groups in total. The highest BCUT2D eigenvalue weighted by molar-refractivity contribution is 5.86. The first-order valence-electron chi connectivity index (χ1n) is 5.83. The van der Waals surface area contributed by atoms with Crippen LogP contribution in [0.2, 0.25) is 0 Å². The van der Waals surface area contributed by atoms with Crippen LogP contribution in [0.1, 0.15) is 41.0 Å². The summed E-state index contributed by atoms with van der Waals surface area (Å²) in [5.74, 6) is -0.926. The second-order valence-corrected chi connectivity index (χ2v) is 5.50. The van der Waals surface area contributed by atoms with Crippen LogP contribution in [0.3, 0.4) is 0 Å². The molecule has 0 aromatic carbocycles. The van der Waals surface area contributed by atoms with Crippen molar-refractivity contribution in [3.8, 4) is 0 Å². The van der Waals surface area contributed by atoms with Crippen molar-refractivity contribution in [2.45, 2.75) is 47.1 Å². The number of carboxylic acids is 1. The first-order chi connectivity index (χ1) is 7.63. The largest absolute Gasteiger partial charge is 0.478 e. The number of aliphatic carboxylic acids is 1. The molecule has 0 bridgehead atoms. The Hall–Kier alpha value is -0.870. The summed E-state index contributed by atoms with van der Waals surface area (Å²) >= 11 is 0. The van der Waals surface area contributed by atoms with Crippen molar-refractivity contribution in [2.24, 2.45) is 11.3 Å². The van der Waals surface area contributed by atoms with Gasteiger partial charge in [0.15, 0.2) is 0 Å². The van der Waals surface area contributed by atoms with Gasteiger partial charge < -0.3 is 15.3 Å². The van der Waals surface area contributed by atoms with Crippen LogP contribution in [0.5, 0.6) is 0 Å². The van der Waals surface area contributed by atoms with Gasteiger partial charge in [0.2, 0.25) is 0 Å². The van der Waals surface area contributed by atoms with E-state index in [1.54, 1.807) is 6.92 Å². The SMILES string of the molecule is CC(C(=O)O)=C(C)C(O)C(C)(C)CC(C)CO. The van der Waals surface area contributed by atoms with Crippen LogP contribution in [0, 0.1) is 11.3 Å². The molecule has 2 unspecified atom stereocenters. The molecule has 0 rings (SSSR count). The van der Waals surface area contributed by atoms with Gasteiger partial charge in [-0.25, -0.2) is 4.79 Å². The Morgan fingerprint density at radius 1 is 1.29 bits per heavy atom. The Morgan fingerprint density at radius 2 is 1.76 bits per heavy atom. The zero-order valence-corrected chi connectivity index (χ0v) is 11.3. The van der Waals surface area contributed by atoms with Crippen molar-refractivity contribution in [1.82, 2.24) is 0 Å². The number of carbonyl (C=O) groups is 1. The Bertz CT molecular complexity index is 305. The van der Waals surface area contributed by atoms with Crippen molar-refractivity contribution in [3.05, 3.63) is 11.1 Å². The smallest absolute Gasteiger partial charge is 0.331 e. The van der Waals surface area contributed by atoms with Gasteiger partial charge >= 0.3 is 5.97 Å². The van der Waals surface area contributed by atoms with Gasteiger partial charge in [-0.3, -0.25) is 0 Å². The average Bonchev–Trinajstić information content (AvgIpc) is 2.24. The normalized spacial score (nSPS) is 17.4. The van der Waals surface area contributed by atoms with Crippen molar-refractivity contribution in [2.75, 3.05) is 6.61 Å². The van der Waals surface area contributed by atoms with E-state index in [4.69, 9.17) is 10.2 Å². The van der Waals surface area contributed by atoms with Crippen LogP contribution in [0.15, 0.2) is 11.1 Å². The first kappa shape index (κ1) is 16.1. The molecule has 0 aliphatic heterocycles. The number of hydrogen-bond acceptors (Lipinski definition) is 3. The minimum Gasteiger partial charge on any atom is -0.478 e. The maximum absolute atomic E-state index is 10.8. The monoisotopic (exact) mass is 244 g/mol. The fourth-order valence-electron chi connectivity index (χ4n) is 2.03. The zero-order chi connectivity index (χ0) is 13.8. The summed E-state index contributed by atoms with van der Waals surface area (Å²) in [7, 11) is 0. The summed E-state index contributed by atoms with van der Waals surface area (Å²) in [4.78, 5) is 10.8. The Kier molecular flexibility index (Phi) is 5.85. The lowest BCUT2D eigenvalue weighted by atomic mass is 9.75. The summed E-state index contributed by atoms with van der Waals surface area (Å²) < 4.78 is 0. The standard InChI is InChI=1S/C13H24O4/c1-8(7-14)6-13(4,5)11(15)9(2)10(3)12(16)17/h8,11,14-15H,6-7H2,1-5H3,(H,16,17). The lowest BCUT2D eigenvalue weighted by molar-refractivity contribution is -0.132. The van der Waals surface area contributed by atoms with E-state index >= 15 is 0 Å². The minimum absolute atomic E-state index is 0.0663. The van der Waals surface area contributed by atoms with E-state index in [1.807, 2.05) is 20.8 Å². The molecule has 0 amide bonds. The maximum atomic E-state index is 10.8. The van der Waals surface area contributed by atoms with E-state index < -0.39 is 17.5 Å². The third kappa shape index (κ3) is 4.48. The number of rotatable bonds is 6. The van der Waals surface area contributed by atoms with E-state index in [-0.39, 0.29) is 18.1 Å². The zero-order valence-electron chi connectivity index (χ0n) is 11.3. The van der Waals surface area contributed by atoms with Gasteiger partial charge in [-0.1, -0.05) is 20.8 Å². The Balaban J connectivity index is 4.96. The van der Waals surface area contributed by atoms with Crippen molar-refractivity contribution in [1.29, 1.82) is 0 Å². The predicted molar refractivity (Wildman–Crippen MR) is 66.7 cm³/mol. The highest BCUT2D eigenvalue weighted by Crippen LogP contribution is 2.33. The number of hydrogen-bond donors (Lipinski definition) is 3. The van der Waals surface area contributed by atoms with Crippen LogP contribution in [0.25, 0.3) is 0 Å². The van der Waals surface area contributed by atoms with Crippen LogP contribution < -0.4 is 0 Å². The van der Waals surface area contributed by atoms with Crippen LogP contribution in [0.4, 0.5) is 0 Å². The van der Waals surface area contributed by atoms with Gasteiger partial charge in [0.1, 0.15) is 0 Å². The molecule has 2 atom stereocenters. The van der Waals surface area contributed by atoms with Gasteiger partial charge in [0, 0.05) is 12.2 Å². The molecule has 0 aromatic heterocycles. The molecule has 0 aliphatic carbocycles. The second-order valence-electron chi connectivity index (χ2n) is 5.50. The Morgan fingerprint density at radius 3 is 2.12 bits per heavy atom. The van der Waals surface area contributed by atoms with Gasteiger partial charge in [-0.2, -0.15) is 0 Å². The van der Waals surface area contributed by atoms with E-state index in [9.17, 15) is 9.90 Å². The van der Waals surface area contributed by atoms with Gasteiger partial charge in [-0.15, -0.1) is 0 Å². The number of aliphatic hydroxyl groups excluding tert-OH is 2. The summed E-state index contributed by atoms with van der Waals surface area (Å²) in [6, 6.07) is 0. The third-order valence-corrected chi connectivity index (χ3v) is 3.25. The minimum atomic E-state index is -1.01. The molecule has 17 heavy (non-hydrogen) atoms. The topological polar surface area (TPSA) is 77.8 Å². The van der Waals surface area contributed by atoms with E-state index in [1.165, 1.54) is 6.92 Å². The van der Waals surface area contributed by atoms with Crippen molar-refractivity contribution < 1.29 is 20.1 Å². The molecule has 0 aliphatic rings. The predicted octanol–water partition coefficient (Wildman–Crippen LogP) is 1.81. The van der Waals surface area contributed by atoms with Gasteiger partial charge in [0.05, 0.1) is 6.10 Å². The van der Waals surface area contributed by atoms with Gasteiger partial charge in [0.25, 0.3) is 0 Å². The van der Waals surface area contributed by atoms with E-state index in [2.05, 4.69) is 0 Å². The highest BCUT2D eigenvalue weighted by Gasteiger charge is 2.32. The summed E-state index contributed by atoms with van der Waals surface area (Å²) in [5, 5.41) is 28.1. The van der Waals surface area contributed by atoms with Gasteiger partial charge in [-0.05, 0) is 37.2 Å². The fraction of sp³-hybridized carbons (Fsp3) is 0.769. The Labute approximate surface area is 103 Å². The molecule has 100 valence electrons. The van der Waals surface area contributed by atoms with Crippen molar-refractivity contribution >= 4 is 5.97 Å². The second kappa shape index (κ2) is 6.17. The number of aliphatic hydroxyl groups is 2. The van der Waals surface area contributed by atoms with Crippen LogP contribution in [-0.2, 0) is 4.79 Å². The van der Waals surface area contributed by atoms with E-state index in [0.29, 0.717) is 12.0 Å². The molecule has 0 spiro atoms. The molecule has 0 radical (unpaired) electrons. The molecular formula is C13H24O4. The molecule has 0 saturated heterocycles. The maximum Gasteiger partial charge on any atom is 0.331 e. The lowest BCUT2D eigenvalue weighted by Gasteiger charge is -2.33.